The van der Waals surface area contributed by atoms with Gasteiger partial charge in [-0.15, -0.1) is 0 Å². The van der Waals surface area contributed by atoms with Gasteiger partial charge < -0.3 is 5.73 Å². The number of benzene rings is 1. The van der Waals surface area contributed by atoms with E-state index in [2.05, 4.69) is 0 Å². The number of sulfonamides is 1. The van der Waals surface area contributed by atoms with Gasteiger partial charge in [0.2, 0.25) is 15.9 Å². The second kappa shape index (κ2) is 5.86. The lowest BCUT2D eigenvalue weighted by atomic mass is 9.95. The molecule has 0 aliphatic carbocycles. The Balaban J connectivity index is 2.19. The maximum absolute atomic E-state index is 12.3. The fourth-order valence-corrected chi connectivity index (χ4v) is 3.38. The Kier molecular flexibility index (Phi) is 4.45. The number of nitrogens with two attached hydrogens (primary N) is 1. The van der Waals surface area contributed by atoms with Crippen LogP contribution in [0.3, 0.4) is 0 Å². The molecule has 1 heterocycles. The summed E-state index contributed by atoms with van der Waals surface area (Å²) in [5, 5.41) is 0. The minimum atomic E-state index is -4.86. The van der Waals surface area contributed by atoms with Crippen molar-refractivity contribution in [1.82, 2.24) is 4.47 Å². The Labute approximate surface area is 124 Å². The first kappa shape index (κ1) is 16.7. The van der Waals surface area contributed by atoms with E-state index >= 15 is 0 Å². The lowest BCUT2D eigenvalue weighted by Gasteiger charge is -2.16. The summed E-state index contributed by atoms with van der Waals surface area (Å²) < 4.78 is 60.4. The lowest BCUT2D eigenvalue weighted by molar-refractivity contribution is -0.110. The molecule has 1 amide bonds. The highest BCUT2D eigenvalue weighted by atomic mass is 32.2. The highest BCUT2D eigenvalue weighted by molar-refractivity contribution is 7.89. The predicted octanol–water partition coefficient (Wildman–Crippen LogP) is 1.01. The standard InChI is InChI=1S/C12H13F3N2O4S/c13-12(14,15)7-22(19,20)17-5-8(6-21-17)9-3-1-2-4-10(9)11(16)18/h1-4,8H,5-7H2,(H2,16,18)/t8-/m0/s1. The molecule has 1 aliphatic rings. The Bertz CT molecular complexity index is 675. The van der Waals surface area contributed by atoms with Crippen LogP contribution in [0, 0.1) is 0 Å². The van der Waals surface area contributed by atoms with Gasteiger partial charge in [0.25, 0.3) is 0 Å². The van der Waals surface area contributed by atoms with Crippen molar-refractivity contribution in [1.29, 1.82) is 0 Å². The molecule has 0 radical (unpaired) electrons. The molecular weight excluding hydrogens is 325 g/mol. The van der Waals surface area contributed by atoms with Gasteiger partial charge in [0, 0.05) is 18.0 Å². The second-order valence-corrected chi connectivity index (χ2v) is 6.66. The van der Waals surface area contributed by atoms with Crippen LogP contribution < -0.4 is 5.73 Å². The Hall–Kier alpha value is -1.65. The van der Waals surface area contributed by atoms with Crippen molar-refractivity contribution in [3.05, 3.63) is 35.4 Å². The molecule has 0 spiro atoms. The summed E-state index contributed by atoms with van der Waals surface area (Å²) in [6.07, 6.45) is -4.86. The highest BCUT2D eigenvalue weighted by Gasteiger charge is 2.42. The average molecular weight is 338 g/mol. The summed E-state index contributed by atoms with van der Waals surface area (Å²) in [6.45, 7) is -0.454. The number of carbonyl (C=O) groups excluding carboxylic acids is 1. The molecule has 1 aromatic carbocycles. The Morgan fingerprint density at radius 2 is 2.00 bits per heavy atom. The molecule has 0 aromatic heterocycles. The van der Waals surface area contributed by atoms with Gasteiger partial charge in [-0.05, 0) is 11.6 Å². The van der Waals surface area contributed by atoms with E-state index < -0.39 is 33.8 Å². The van der Waals surface area contributed by atoms with E-state index in [4.69, 9.17) is 10.6 Å². The SMILES string of the molecule is NC(=O)c1ccccc1[C@@H]1CON(S(=O)(=O)CC(F)(F)F)C1. The number of nitrogens with zero attached hydrogens (tertiary/aromatic N) is 1. The summed E-state index contributed by atoms with van der Waals surface area (Å²) in [6, 6.07) is 6.23. The number of rotatable bonds is 4. The fraction of sp³-hybridized carbons (Fsp3) is 0.417. The largest absolute Gasteiger partial charge is 0.404 e. The van der Waals surface area contributed by atoms with E-state index in [-0.39, 0.29) is 18.7 Å². The van der Waals surface area contributed by atoms with Crippen LogP contribution in [-0.2, 0) is 14.9 Å². The summed E-state index contributed by atoms with van der Waals surface area (Å²) >= 11 is 0. The summed E-state index contributed by atoms with van der Waals surface area (Å²) in [7, 11) is -4.62. The van der Waals surface area contributed by atoms with Crippen LogP contribution in [0.1, 0.15) is 21.8 Å². The molecule has 1 aromatic rings. The van der Waals surface area contributed by atoms with Gasteiger partial charge in [-0.2, -0.15) is 13.2 Å². The molecule has 1 saturated heterocycles. The maximum atomic E-state index is 12.3. The third-order valence-electron chi connectivity index (χ3n) is 3.11. The molecule has 1 atom stereocenters. The number of amides is 1. The van der Waals surface area contributed by atoms with Crippen molar-refractivity contribution in [2.75, 3.05) is 18.9 Å². The average Bonchev–Trinajstić information content (AvgIpc) is 2.86. The van der Waals surface area contributed by atoms with Gasteiger partial charge in [-0.25, -0.2) is 8.42 Å². The molecule has 0 saturated carbocycles. The summed E-state index contributed by atoms with van der Waals surface area (Å²) in [4.78, 5) is 16.2. The van der Waals surface area contributed by atoms with E-state index in [1.807, 2.05) is 0 Å². The zero-order chi connectivity index (χ0) is 16.5. The lowest BCUT2D eigenvalue weighted by Crippen LogP contribution is -2.35. The topological polar surface area (TPSA) is 89.7 Å². The number of primary amides is 1. The van der Waals surface area contributed by atoms with Crippen molar-refractivity contribution in [3.63, 3.8) is 0 Å². The minimum Gasteiger partial charge on any atom is -0.366 e. The van der Waals surface area contributed by atoms with Crippen LogP contribution >= 0.6 is 0 Å². The molecule has 2 N–H and O–H groups in total. The van der Waals surface area contributed by atoms with E-state index in [0.29, 0.717) is 10.0 Å². The van der Waals surface area contributed by atoms with E-state index in [1.54, 1.807) is 18.2 Å². The van der Waals surface area contributed by atoms with Crippen LogP contribution in [0.25, 0.3) is 0 Å². The zero-order valence-corrected chi connectivity index (χ0v) is 12.0. The van der Waals surface area contributed by atoms with Crippen LogP contribution in [0.2, 0.25) is 0 Å². The van der Waals surface area contributed by atoms with Crippen LogP contribution in [0.4, 0.5) is 13.2 Å². The van der Waals surface area contributed by atoms with Crippen molar-refractivity contribution in [2.45, 2.75) is 12.1 Å². The first-order valence-corrected chi connectivity index (χ1v) is 7.80. The summed E-state index contributed by atoms with van der Waals surface area (Å²) in [5.41, 5.74) is 5.86. The van der Waals surface area contributed by atoms with Gasteiger partial charge in [0.05, 0.1) is 6.61 Å². The van der Waals surface area contributed by atoms with Crippen molar-refractivity contribution >= 4 is 15.9 Å². The molecule has 1 aliphatic heterocycles. The third kappa shape index (κ3) is 3.76. The third-order valence-corrected chi connectivity index (χ3v) is 4.68. The highest BCUT2D eigenvalue weighted by Crippen LogP contribution is 2.30. The number of hydrogen-bond donors (Lipinski definition) is 1. The number of alkyl halides is 3. The number of halogens is 3. The van der Waals surface area contributed by atoms with E-state index in [0.717, 1.165) is 0 Å². The number of hydroxylamine groups is 1. The molecule has 0 unspecified atom stereocenters. The number of carbonyl (C=O) groups is 1. The Morgan fingerprint density at radius 1 is 1.36 bits per heavy atom. The second-order valence-electron chi connectivity index (χ2n) is 4.80. The number of hydrogen-bond acceptors (Lipinski definition) is 4. The molecule has 1 fully saturated rings. The molecule has 6 nitrogen and oxygen atoms in total. The van der Waals surface area contributed by atoms with Crippen molar-refractivity contribution in [2.24, 2.45) is 5.73 Å². The molecule has 22 heavy (non-hydrogen) atoms. The molecule has 10 heteroatoms. The predicted molar refractivity (Wildman–Crippen MR) is 70.2 cm³/mol. The zero-order valence-electron chi connectivity index (χ0n) is 11.2. The van der Waals surface area contributed by atoms with Gasteiger partial charge in [0.15, 0.2) is 5.75 Å². The summed E-state index contributed by atoms with van der Waals surface area (Å²) in [5.74, 6) is -3.26. The van der Waals surface area contributed by atoms with Crippen LogP contribution in [-0.4, -0.2) is 43.9 Å². The Morgan fingerprint density at radius 3 is 2.59 bits per heavy atom. The maximum Gasteiger partial charge on any atom is 0.404 e. The van der Waals surface area contributed by atoms with Gasteiger partial charge in [0.1, 0.15) is 0 Å². The molecule has 2 rings (SSSR count). The van der Waals surface area contributed by atoms with Crippen molar-refractivity contribution < 1.29 is 31.2 Å². The first-order chi connectivity index (χ1) is 10.1. The van der Waals surface area contributed by atoms with Gasteiger partial charge in [-0.1, -0.05) is 22.7 Å². The van der Waals surface area contributed by atoms with Crippen LogP contribution in [0.15, 0.2) is 24.3 Å². The monoisotopic (exact) mass is 338 g/mol. The first-order valence-electron chi connectivity index (χ1n) is 6.19. The van der Waals surface area contributed by atoms with Crippen LogP contribution in [0.5, 0.6) is 0 Å². The smallest absolute Gasteiger partial charge is 0.366 e. The van der Waals surface area contributed by atoms with E-state index in [9.17, 15) is 26.4 Å². The quantitative estimate of drug-likeness (QED) is 0.887. The molecular formula is C12H13F3N2O4S. The van der Waals surface area contributed by atoms with Crippen molar-refractivity contribution in [3.8, 4) is 0 Å². The molecule has 122 valence electrons. The van der Waals surface area contributed by atoms with Gasteiger partial charge in [-0.3, -0.25) is 9.63 Å². The normalized spacial score (nSPS) is 20.2. The molecule has 0 bridgehead atoms. The van der Waals surface area contributed by atoms with Gasteiger partial charge >= 0.3 is 6.18 Å². The minimum absolute atomic E-state index is 0.151. The van der Waals surface area contributed by atoms with E-state index in [1.165, 1.54) is 6.07 Å². The fourth-order valence-electron chi connectivity index (χ4n) is 2.20.